The molecule has 5 nitrogen and oxygen atoms in total. The number of hydrogen-bond donors (Lipinski definition) is 2. The number of rotatable bonds is 13. The summed E-state index contributed by atoms with van der Waals surface area (Å²) in [7, 11) is 0. The lowest BCUT2D eigenvalue weighted by molar-refractivity contribution is 0.304. The van der Waals surface area contributed by atoms with E-state index in [9.17, 15) is 0 Å². The minimum Gasteiger partial charge on any atom is -0.494 e. The molecule has 4 aromatic rings. The van der Waals surface area contributed by atoms with Gasteiger partial charge in [-0.05, 0) is 90.9 Å². The first-order chi connectivity index (χ1) is 21.2. The molecule has 5 heterocycles. The van der Waals surface area contributed by atoms with Gasteiger partial charge in [0.05, 0.1) is 29.4 Å². The maximum Gasteiger partial charge on any atom is 0.119 e. The molecule has 0 spiro atoms. The van der Waals surface area contributed by atoms with Crippen molar-refractivity contribution in [1.29, 1.82) is 0 Å². The van der Waals surface area contributed by atoms with E-state index in [4.69, 9.17) is 14.7 Å². The molecule has 3 aromatic heterocycles. The van der Waals surface area contributed by atoms with Gasteiger partial charge in [0.25, 0.3) is 0 Å². The number of fused-ring (bicyclic) bond motifs is 8. The van der Waals surface area contributed by atoms with Crippen LogP contribution < -0.4 is 4.74 Å². The molecular formula is C38H43ClN4O. The third-order valence-electron chi connectivity index (χ3n) is 8.12. The van der Waals surface area contributed by atoms with Gasteiger partial charge in [-0.15, -0.1) is 12.4 Å². The second-order valence-electron chi connectivity index (χ2n) is 11.6. The molecule has 0 saturated heterocycles. The van der Waals surface area contributed by atoms with Crippen molar-refractivity contribution in [2.45, 2.75) is 71.1 Å². The van der Waals surface area contributed by atoms with Gasteiger partial charge in [0.2, 0.25) is 0 Å². The van der Waals surface area contributed by atoms with Crippen LogP contribution in [0.1, 0.15) is 93.9 Å². The number of halogens is 1. The molecule has 0 aliphatic carbocycles. The van der Waals surface area contributed by atoms with Crippen molar-refractivity contribution in [1.82, 2.24) is 19.9 Å². The Bertz CT molecular complexity index is 1650. The molecular weight excluding hydrogens is 564 g/mol. The smallest absolute Gasteiger partial charge is 0.119 e. The zero-order valence-corrected chi connectivity index (χ0v) is 26.5. The molecule has 2 aliphatic rings. The Kier molecular flexibility index (Phi) is 11.1. The van der Waals surface area contributed by atoms with Gasteiger partial charge in [0.15, 0.2) is 0 Å². The van der Waals surface area contributed by atoms with Crippen molar-refractivity contribution in [2.75, 3.05) is 6.61 Å². The highest BCUT2D eigenvalue weighted by Crippen LogP contribution is 2.32. The van der Waals surface area contributed by atoms with Crippen LogP contribution in [0.15, 0.2) is 66.7 Å². The van der Waals surface area contributed by atoms with E-state index in [1.807, 2.05) is 0 Å². The van der Waals surface area contributed by atoms with Crippen LogP contribution in [0.4, 0.5) is 0 Å². The molecule has 0 saturated carbocycles. The van der Waals surface area contributed by atoms with Crippen LogP contribution >= 0.6 is 12.4 Å². The molecule has 8 bridgehead atoms. The predicted octanol–water partition coefficient (Wildman–Crippen LogP) is 11.0. The number of nitrogens with one attached hydrogen (secondary N) is 2. The Morgan fingerprint density at radius 1 is 0.545 bits per heavy atom. The van der Waals surface area contributed by atoms with E-state index >= 15 is 0 Å². The number of nitrogens with zero attached hydrogens (tertiary/aromatic N) is 2. The van der Waals surface area contributed by atoms with Crippen LogP contribution in [0.25, 0.3) is 57.5 Å². The summed E-state index contributed by atoms with van der Waals surface area (Å²) in [6, 6.07) is 23.0. The number of aromatic nitrogens is 4. The summed E-state index contributed by atoms with van der Waals surface area (Å²) < 4.78 is 6.10. The summed E-state index contributed by atoms with van der Waals surface area (Å²) in [4.78, 5) is 16.9. The normalized spacial score (nSPS) is 11.9. The Hall–Kier alpha value is -4.09. The average molecular weight is 607 g/mol. The second kappa shape index (κ2) is 15.6. The lowest BCUT2D eigenvalue weighted by Crippen LogP contribution is -1.97. The number of benzene rings is 1. The van der Waals surface area contributed by atoms with Gasteiger partial charge in [-0.1, -0.05) is 76.8 Å². The quantitative estimate of drug-likeness (QED) is 0.128. The lowest BCUT2D eigenvalue weighted by atomic mass is 10.0. The summed E-state index contributed by atoms with van der Waals surface area (Å²) in [5.74, 6) is 0.907. The monoisotopic (exact) mass is 606 g/mol. The minimum atomic E-state index is 0. The van der Waals surface area contributed by atoms with Crippen molar-refractivity contribution >= 4 is 58.8 Å². The number of H-pyrrole nitrogens is 2. The van der Waals surface area contributed by atoms with E-state index in [0.29, 0.717) is 0 Å². The molecule has 0 radical (unpaired) electrons. The summed E-state index contributed by atoms with van der Waals surface area (Å²) in [5, 5.41) is 0. The Labute approximate surface area is 267 Å². The fraction of sp³-hybridized carbons (Fsp3) is 0.316. The highest BCUT2D eigenvalue weighted by molar-refractivity contribution is 5.89. The van der Waals surface area contributed by atoms with Gasteiger partial charge in [0.1, 0.15) is 5.75 Å². The molecule has 0 atom stereocenters. The number of unbranched alkanes of at least 4 members (excludes halogenated alkanes) is 9. The van der Waals surface area contributed by atoms with Gasteiger partial charge in [-0.25, -0.2) is 9.97 Å². The van der Waals surface area contributed by atoms with Crippen LogP contribution in [0, 0.1) is 0 Å². The average Bonchev–Trinajstić information content (AvgIpc) is 3.83. The number of aromatic amines is 2. The zero-order chi connectivity index (χ0) is 29.3. The minimum absolute atomic E-state index is 0. The second-order valence-corrected chi connectivity index (χ2v) is 11.6. The van der Waals surface area contributed by atoms with E-state index in [1.54, 1.807) is 0 Å². The largest absolute Gasteiger partial charge is 0.494 e. The van der Waals surface area contributed by atoms with Crippen LogP contribution in [-0.2, 0) is 0 Å². The topological polar surface area (TPSA) is 66.6 Å². The highest BCUT2D eigenvalue weighted by Gasteiger charge is 2.14. The maximum atomic E-state index is 6.10. The predicted molar refractivity (Wildman–Crippen MR) is 189 cm³/mol. The number of hydrogen-bond acceptors (Lipinski definition) is 3. The highest BCUT2D eigenvalue weighted by atomic mass is 35.5. The van der Waals surface area contributed by atoms with E-state index < -0.39 is 0 Å². The van der Waals surface area contributed by atoms with Gasteiger partial charge < -0.3 is 14.7 Å². The van der Waals surface area contributed by atoms with Gasteiger partial charge in [-0.2, -0.15) is 0 Å². The van der Waals surface area contributed by atoms with Crippen LogP contribution in [0.3, 0.4) is 0 Å². The van der Waals surface area contributed by atoms with Gasteiger partial charge >= 0.3 is 0 Å². The zero-order valence-electron chi connectivity index (χ0n) is 25.6. The summed E-state index contributed by atoms with van der Waals surface area (Å²) >= 11 is 0. The van der Waals surface area contributed by atoms with E-state index in [-0.39, 0.29) is 12.4 Å². The molecule has 0 unspecified atom stereocenters. The van der Waals surface area contributed by atoms with Crippen molar-refractivity contribution in [3.05, 3.63) is 89.5 Å². The first-order valence-corrected chi connectivity index (χ1v) is 16.0. The molecule has 2 N–H and O–H groups in total. The van der Waals surface area contributed by atoms with E-state index in [0.717, 1.165) is 74.7 Å². The van der Waals surface area contributed by atoms with Crippen LogP contribution in [0.5, 0.6) is 5.75 Å². The summed E-state index contributed by atoms with van der Waals surface area (Å²) in [6.45, 7) is 3.04. The van der Waals surface area contributed by atoms with Crippen molar-refractivity contribution in [2.24, 2.45) is 0 Å². The van der Waals surface area contributed by atoms with Crippen LogP contribution in [-0.4, -0.2) is 26.5 Å². The summed E-state index contributed by atoms with van der Waals surface area (Å²) in [6.07, 6.45) is 21.6. The molecule has 0 fully saturated rings. The molecule has 6 rings (SSSR count). The SMILES string of the molecule is CCCCCCCCCCCCOc1ccc(-c2c3nc(cc4ccc(cc5ccc(cc6nc2C=C6)[nH]5)[nH]4)C=C3)cc1.Cl. The molecule has 1 aromatic carbocycles. The number of ether oxygens (including phenoxy) is 1. The first kappa shape index (κ1) is 31.3. The van der Waals surface area contributed by atoms with Gasteiger partial charge in [-0.3, -0.25) is 0 Å². The molecule has 6 heteroatoms. The summed E-state index contributed by atoms with van der Waals surface area (Å²) in [5.41, 5.74) is 9.81. The van der Waals surface area contributed by atoms with Gasteiger partial charge in [0, 0.05) is 27.6 Å². The Balaban J connectivity index is 0.00000384. The Morgan fingerprint density at radius 2 is 1.02 bits per heavy atom. The molecule has 228 valence electrons. The van der Waals surface area contributed by atoms with Crippen molar-refractivity contribution < 1.29 is 4.74 Å². The fourth-order valence-corrected chi connectivity index (χ4v) is 5.80. The van der Waals surface area contributed by atoms with Crippen molar-refractivity contribution in [3.8, 4) is 16.9 Å². The Morgan fingerprint density at radius 3 is 1.55 bits per heavy atom. The third-order valence-corrected chi connectivity index (χ3v) is 8.12. The standard InChI is InChI=1S/C38H42N4O.ClH/c1-2-3-4-5-6-7-8-9-10-11-24-43-35-20-12-28(13-21-35)38-36-22-18-33(41-36)26-31-16-14-29(39-31)25-30-15-17-32(40-30)27-34-19-23-37(38)42-34;/h12-23,25-27,39-40H,2-11,24H2,1H3;1H. The lowest BCUT2D eigenvalue weighted by Gasteiger charge is -2.09. The fourth-order valence-electron chi connectivity index (χ4n) is 5.80. The third kappa shape index (κ3) is 8.29. The molecule has 44 heavy (non-hydrogen) atoms. The van der Waals surface area contributed by atoms with E-state index in [2.05, 4.69) is 108 Å². The maximum absolute atomic E-state index is 6.10. The van der Waals surface area contributed by atoms with E-state index in [1.165, 1.54) is 57.8 Å². The molecule has 0 amide bonds. The first-order valence-electron chi connectivity index (χ1n) is 16.0. The van der Waals surface area contributed by atoms with Crippen molar-refractivity contribution in [3.63, 3.8) is 0 Å². The van der Waals surface area contributed by atoms with Crippen LogP contribution in [0.2, 0.25) is 0 Å². The molecule has 2 aliphatic heterocycles.